The predicted molar refractivity (Wildman–Crippen MR) is 69.7 cm³/mol. The number of hydrogen-bond donors (Lipinski definition) is 0. The van der Waals surface area contributed by atoms with Crippen LogP contribution >= 0.6 is 0 Å². The summed E-state index contributed by atoms with van der Waals surface area (Å²) in [7, 11) is 3.39. The van der Waals surface area contributed by atoms with E-state index in [-0.39, 0.29) is 5.91 Å². The lowest BCUT2D eigenvalue weighted by Crippen LogP contribution is -2.18. The van der Waals surface area contributed by atoms with Crippen molar-refractivity contribution in [2.75, 3.05) is 14.1 Å². The molecule has 4 heteroatoms. The van der Waals surface area contributed by atoms with Gasteiger partial charge in [0.1, 0.15) is 5.76 Å². The van der Waals surface area contributed by atoms with Gasteiger partial charge in [-0.15, -0.1) is 0 Å². The number of benzene rings is 1. The third-order valence-corrected chi connectivity index (χ3v) is 2.38. The fourth-order valence-electron chi connectivity index (χ4n) is 1.38. The lowest BCUT2D eigenvalue weighted by molar-refractivity contribution is -0.123. The molecule has 1 amide bonds. The van der Waals surface area contributed by atoms with Gasteiger partial charge in [-0.1, -0.05) is 18.2 Å². The quantitative estimate of drug-likeness (QED) is 0.777. The van der Waals surface area contributed by atoms with Crippen LogP contribution in [0.2, 0.25) is 0 Å². The second-order valence-corrected chi connectivity index (χ2v) is 4.00. The van der Waals surface area contributed by atoms with Crippen molar-refractivity contribution in [2.45, 2.75) is 0 Å². The molecule has 0 spiro atoms. The van der Waals surface area contributed by atoms with Gasteiger partial charge in [0.2, 0.25) is 11.8 Å². The summed E-state index contributed by atoms with van der Waals surface area (Å²) >= 11 is 0. The van der Waals surface area contributed by atoms with Crippen LogP contribution in [0.4, 0.5) is 0 Å². The molecule has 0 aliphatic heterocycles. The fourth-order valence-corrected chi connectivity index (χ4v) is 1.38. The molecule has 0 fully saturated rings. The van der Waals surface area contributed by atoms with Crippen LogP contribution in [-0.2, 0) is 4.79 Å². The van der Waals surface area contributed by atoms with Crippen LogP contribution in [0, 0.1) is 0 Å². The highest BCUT2D eigenvalue weighted by Gasteiger charge is 2.04. The number of hydrogen-bond acceptors (Lipinski definition) is 3. The van der Waals surface area contributed by atoms with Crippen molar-refractivity contribution < 1.29 is 9.21 Å². The van der Waals surface area contributed by atoms with Crippen molar-refractivity contribution in [3.05, 3.63) is 48.4 Å². The maximum Gasteiger partial charge on any atom is 0.246 e. The van der Waals surface area contributed by atoms with Crippen LogP contribution in [0.25, 0.3) is 17.5 Å². The fraction of sp³-hybridized carbons (Fsp3) is 0.143. The molecule has 92 valence electrons. The number of rotatable bonds is 3. The number of carbonyl (C=O) groups excluding carboxylic acids is 1. The molecule has 0 atom stereocenters. The molecule has 1 aromatic carbocycles. The molecular formula is C14H14N2O2. The van der Waals surface area contributed by atoms with Crippen LogP contribution in [0.15, 0.2) is 47.0 Å². The van der Waals surface area contributed by atoms with Crippen molar-refractivity contribution in [3.8, 4) is 11.5 Å². The molecule has 0 saturated carbocycles. The number of likely N-dealkylation sites (N-methyl/N-ethyl adjacent to an activating group) is 1. The maximum atomic E-state index is 11.4. The maximum absolute atomic E-state index is 11.4. The normalized spacial score (nSPS) is 10.8. The van der Waals surface area contributed by atoms with Gasteiger partial charge in [0.05, 0.1) is 6.20 Å². The third-order valence-electron chi connectivity index (χ3n) is 2.38. The minimum atomic E-state index is -0.0901. The molecule has 18 heavy (non-hydrogen) atoms. The predicted octanol–water partition coefficient (Wildman–Crippen LogP) is 2.44. The first-order valence-electron chi connectivity index (χ1n) is 5.57. The Balaban J connectivity index is 2.14. The second-order valence-electron chi connectivity index (χ2n) is 4.00. The Bertz CT molecular complexity index is 556. The Morgan fingerprint density at radius 3 is 2.67 bits per heavy atom. The summed E-state index contributed by atoms with van der Waals surface area (Å²) < 4.78 is 5.53. The molecule has 1 heterocycles. The standard InChI is InChI=1S/C14H14N2O2/c1-16(2)13(17)9-8-12-10-15-14(18-12)11-6-4-3-5-7-11/h3-10H,1-2H3. The number of oxazole rings is 1. The zero-order chi connectivity index (χ0) is 13.0. The molecule has 4 nitrogen and oxygen atoms in total. The largest absolute Gasteiger partial charge is 0.437 e. The summed E-state index contributed by atoms with van der Waals surface area (Å²) in [6, 6.07) is 9.62. The van der Waals surface area contributed by atoms with E-state index in [0.717, 1.165) is 5.56 Å². The van der Waals surface area contributed by atoms with Crippen LogP contribution < -0.4 is 0 Å². The Hall–Kier alpha value is -2.36. The molecule has 0 radical (unpaired) electrons. The van der Waals surface area contributed by atoms with Crippen molar-refractivity contribution in [1.82, 2.24) is 9.88 Å². The summed E-state index contributed by atoms with van der Waals surface area (Å²) in [6.07, 6.45) is 4.67. The van der Waals surface area contributed by atoms with E-state index >= 15 is 0 Å². The average Bonchev–Trinajstić information content (AvgIpc) is 2.85. The SMILES string of the molecule is CN(C)C(=O)C=Cc1cnc(-c2ccccc2)o1. The summed E-state index contributed by atoms with van der Waals surface area (Å²) in [4.78, 5) is 17.0. The van der Waals surface area contributed by atoms with Crippen molar-refractivity contribution in [3.63, 3.8) is 0 Å². The van der Waals surface area contributed by atoms with Crippen LogP contribution in [-0.4, -0.2) is 29.9 Å². The van der Waals surface area contributed by atoms with Gasteiger partial charge in [-0.2, -0.15) is 0 Å². The van der Waals surface area contributed by atoms with Crippen LogP contribution in [0.3, 0.4) is 0 Å². The number of amides is 1. The zero-order valence-electron chi connectivity index (χ0n) is 10.3. The van der Waals surface area contributed by atoms with Gasteiger partial charge in [-0.25, -0.2) is 4.98 Å². The molecular weight excluding hydrogens is 228 g/mol. The van der Waals surface area contributed by atoms with Crippen molar-refractivity contribution in [2.24, 2.45) is 0 Å². The Labute approximate surface area is 106 Å². The number of aromatic nitrogens is 1. The molecule has 2 rings (SSSR count). The lowest BCUT2D eigenvalue weighted by Gasteiger charge is -2.04. The highest BCUT2D eigenvalue weighted by molar-refractivity contribution is 5.91. The summed E-state index contributed by atoms with van der Waals surface area (Å²) in [5, 5.41) is 0. The Morgan fingerprint density at radius 1 is 1.28 bits per heavy atom. The second kappa shape index (κ2) is 5.31. The monoisotopic (exact) mass is 242 g/mol. The van der Waals surface area contributed by atoms with E-state index in [1.807, 2.05) is 30.3 Å². The summed E-state index contributed by atoms with van der Waals surface area (Å²) in [5.41, 5.74) is 0.913. The highest BCUT2D eigenvalue weighted by atomic mass is 16.4. The zero-order valence-corrected chi connectivity index (χ0v) is 10.3. The first kappa shape index (κ1) is 12.1. The lowest BCUT2D eigenvalue weighted by atomic mass is 10.2. The molecule has 0 saturated heterocycles. The minimum absolute atomic E-state index is 0.0901. The third kappa shape index (κ3) is 2.85. The highest BCUT2D eigenvalue weighted by Crippen LogP contribution is 2.19. The van der Waals surface area contributed by atoms with E-state index in [2.05, 4.69) is 4.98 Å². The summed E-state index contributed by atoms with van der Waals surface area (Å²) in [6.45, 7) is 0. The molecule has 0 aliphatic rings. The van der Waals surface area contributed by atoms with Crippen molar-refractivity contribution in [1.29, 1.82) is 0 Å². The van der Waals surface area contributed by atoms with E-state index in [9.17, 15) is 4.79 Å². The van der Waals surface area contributed by atoms with E-state index in [4.69, 9.17) is 4.42 Å². The van der Waals surface area contributed by atoms with Crippen molar-refractivity contribution >= 4 is 12.0 Å². The molecule has 0 bridgehead atoms. The smallest absolute Gasteiger partial charge is 0.246 e. The average molecular weight is 242 g/mol. The van der Waals surface area contributed by atoms with Gasteiger partial charge < -0.3 is 9.32 Å². The first-order chi connectivity index (χ1) is 8.66. The van der Waals surface area contributed by atoms with Gasteiger partial charge >= 0.3 is 0 Å². The van der Waals surface area contributed by atoms with Crippen LogP contribution in [0.1, 0.15) is 5.76 Å². The Morgan fingerprint density at radius 2 is 2.00 bits per heavy atom. The van der Waals surface area contributed by atoms with Gasteiger partial charge in [0, 0.05) is 25.7 Å². The van der Waals surface area contributed by atoms with E-state index < -0.39 is 0 Å². The molecule has 0 unspecified atom stereocenters. The van der Waals surface area contributed by atoms with Gasteiger partial charge in [0.15, 0.2) is 0 Å². The van der Waals surface area contributed by atoms with E-state index in [1.54, 1.807) is 26.4 Å². The topological polar surface area (TPSA) is 46.3 Å². The molecule has 2 aromatic rings. The summed E-state index contributed by atoms with van der Waals surface area (Å²) in [5.74, 6) is 1.02. The number of nitrogens with zero attached hydrogens (tertiary/aromatic N) is 2. The van der Waals surface area contributed by atoms with E-state index in [1.165, 1.54) is 11.0 Å². The molecule has 1 aromatic heterocycles. The van der Waals surface area contributed by atoms with Crippen LogP contribution in [0.5, 0.6) is 0 Å². The minimum Gasteiger partial charge on any atom is -0.437 e. The van der Waals surface area contributed by atoms with Gasteiger partial charge in [0.25, 0.3) is 0 Å². The molecule has 0 aliphatic carbocycles. The molecule has 0 N–H and O–H groups in total. The Kier molecular flexibility index (Phi) is 3.57. The first-order valence-corrected chi connectivity index (χ1v) is 5.57. The van der Waals surface area contributed by atoms with Gasteiger partial charge in [-0.05, 0) is 18.2 Å². The van der Waals surface area contributed by atoms with Gasteiger partial charge in [-0.3, -0.25) is 4.79 Å². The number of carbonyl (C=O) groups is 1. The van der Waals surface area contributed by atoms with E-state index in [0.29, 0.717) is 11.7 Å².